The lowest BCUT2D eigenvalue weighted by Gasteiger charge is -2.16. The van der Waals surface area contributed by atoms with Gasteiger partial charge in [0.1, 0.15) is 11.5 Å². The molecule has 0 saturated heterocycles. The lowest BCUT2D eigenvalue weighted by molar-refractivity contribution is 0.329. The van der Waals surface area contributed by atoms with Crippen LogP contribution in [0.5, 0.6) is 5.75 Å². The third-order valence-corrected chi connectivity index (χ3v) is 3.38. The number of hydrogen-bond acceptors (Lipinski definition) is 3. The molecule has 0 saturated carbocycles. The summed E-state index contributed by atoms with van der Waals surface area (Å²) in [5.41, 5.74) is 3.98. The fraction of sp³-hybridized carbons (Fsp3) is 0.294. The Morgan fingerprint density at radius 3 is 2.38 bits per heavy atom. The molecule has 0 aliphatic carbocycles. The Bertz CT molecular complexity index is 569. The van der Waals surface area contributed by atoms with Gasteiger partial charge in [-0.3, -0.25) is 0 Å². The van der Waals surface area contributed by atoms with Gasteiger partial charge in [-0.25, -0.2) is 0 Å². The summed E-state index contributed by atoms with van der Waals surface area (Å²) in [6, 6.07) is 5.77. The van der Waals surface area contributed by atoms with Gasteiger partial charge in [0.2, 0.25) is 0 Å². The fourth-order valence-electron chi connectivity index (χ4n) is 1.58. The number of allylic oxidation sites excluding steroid dienone is 4. The Kier molecular flexibility index (Phi) is 6.67. The molecule has 0 heterocycles. The minimum absolute atomic E-state index is 0.523. The summed E-state index contributed by atoms with van der Waals surface area (Å²) in [7, 11) is -2.04. The largest absolute Gasteiger partial charge is 0.460 e. The lowest BCUT2D eigenvalue weighted by atomic mass is 10.1. The van der Waals surface area contributed by atoms with E-state index < -0.39 is 8.60 Å². The van der Waals surface area contributed by atoms with Gasteiger partial charge in [0.05, 0.1) is 0 Å². The highest BCUT2D eigenvalue weighted by Gasteiger charge is 2.14. The van der Waals surface area contributed by atoms with Gasteiger partial charge in [0, 0.05) is 0 Å². The van der Waals surface area contributed by atoms with Gasteiger partial charge in [-0.1, -0.05) is 35.9 Å². The van der Waals surface area contributed by atoms with E-state index in [1.54, 1.807) is 6.08 Å². The highest BCUT2D eigenvalue weighted by atomic mass is 31.2. The highest BCUT2D eigenvalue weighted by Crippen LogP contribution is 2.40. The molecule has 0 spiro atoms. The molecule has 0 aliphatic rings. The van der Waals surface area contributed by atoms with Crippen LogP contribution in [-0.4, -0.2) is 4.89 Å². The molecular formula is C17H23O3P. The van der Waals surface area contributed by atoms with Crippen LogP contribution in [0.3, 0.4) is 0 Å². The first kappa shape index (κ1) is 17.5. The number of aryl methyl sites for hydroxylation is 2. The predicted octanol–water partition coefficient (Wildman–Crippen LogP) is 5.34. The molecule has 1 atom stereocenters. The van der Waals surface area contributed by atoms with Crippen LogP contribution in [0.2, 0.25) is 0 Å². The van der Waals surface area contributed by atoms with E-state index in [0.29, 0.717) is 11.5 Å². The molecule has 1 rings (SSSR count). The van der Waals surface area contributed by atoms with Gasteiger partial charge >= 0.3 is 8.60 Å². The number of rotatable bonds is 6. The lowest BCUT2D eigenvalue weighted by Crippen LogP contribution is -1.96. The van der Waals surface area contributed by atoms with Crippen molar-refractivity contribution in [1.29, 1.82) is 0 Å². The van der Waals surface area contributed by atoms with Crippen molar-refractivity contribution < 1.29 is 13.9 Å². The van der Waals surface area contributed by atoms with Gasteiger partial charge in [-0.2, -0.15) is 0 Å². The van der Waals surface area contributed by atoms with Crippen LogP contribution in [-0.2, 0) is 4.52 Å². The van der Waals surface area contributed by atoms with Crippen molar-refractivity contribution in [2.24, 2.45) is 0 Å². The summed E-state index contributed by atoms with van der Waals surface area (Å²) in [6.07, 6.45) is 3.69. The van der Waals surface area contributed by atoms with E-state index in [9.17, 15) is 4.89 Å². The summed E-state index contributed by atoms with van der Waals surface area (Å²) in [5.74, 6) is 1.15. The highest BCUT2D eigenvalue weighted by molar-refractivity contribution is 7.41. The van der Waals surface area contributed by atoms with Crippen molar-refractivity contribution in [3.8, 4) is 5.75 Å². The quantitative estimate of drug-likeness (QED) is 0.438. The van der Waals surface area contributed by atoms with Crippen LogP contribution in [0.4, 0.5) is 0 Å². The van der Waals surface area contributed by atoms with E-state index in [4.69, 9.17) is 9.05 Å². The zero-order valence-electron chi connectivity index (χ0n) is 13.3. The van der Waals surface area contributed by atoms with Crippen LogP contribution >= 0.6 is 8.60 Å². The first-order valence-corrected chi connectivity index (χ1v) is 7.86. The van der Waals surface area contributed by atoms with Crippen LogP contribution in [0, 0.1) is 13.8 Å². The summed E-state index contributed by atoms with van der Waals surface area (Å²) in [4.78, 5) is 10.00. The van der Waals surface area contributed by atoms with Crippen molar-refractivity contribution in [3.05, 3.63) is 65.0 Å². The Morgan fingerprint density at radius 2 is 1.86 bits per heavy atom. The maximum absolute atomic E-state index is 10.00. The monoisotopic (exact) mass is 306 g/mol. The van der Waals surface area contributed by atoms with Crippen molar-refractivity contribution >= 4 is 8.60 Å². The molecular weight excluding hydrogens is 283 g/mol. The molecule has 0 radical (unpaired) electrons. The molecule has 1 unspecified atom stereocenters. The van der Waals surface area contributed by atoms with Crippen molar-refractivity contribution in [2.45, 2.75) is 34.6 Å². The van der Waals surface area contributed by atoms with Crippen LogP contribution in [0.15, 0.2) is 53.8 Å². The zero-order valence-corrected chi connectivity index (χ0v) is 14.2. The van der Waals surface area contributed by atoms with Crippen molar-refractivity contribution in [3.63, 3.8) is 0 Å². The molecule has 21 heavy (non-hydrogen) atoms. The fourth-order valence-corrected chi connectivity index (χ4v) is 2.38. The van der Waals surface area contributed by atoms with Gasteiger partial charge in [-0.05, 0) is 57.9 Å². The Morgan fingerprint density at radius 1 is 1.19 bits per heavy atom. The molecule has 0 bridgehead atoms. The van der Waals surface area contributed by atoms with Gasteiger partial charge in [-0.15, -0.1) is 0 Å². The van der Waals surface area contributed by atoms with E-state index >= 15 is 0 Å². The van der Waals surface area contributed by atoms with E-state index in [1.807, 2.05) is 58.9 Å². The van der Waals surface area contributed by atoms with E-state index in [0.717, 1.165) is 22.3 Å². The third kappa shape index (κ3) is 6.16. The standard InChI is InChI=1S/C17H23O3P/c1-12(2)7-9-16(13(3)4)19-21(18)20-17-10-8-14(5)11-15(17)6/h7-11,18H,3H2,1-2,4-6H3/b16-9+. The summed E-state index contributed by atoms with van der Waals surface area (Å²) < 4.78 is 10.9. The average Bonchev–Trinajstić information content (AvgIpc) is 2.37. The van der Waals surface area contributed by atoms with Crippen LogP contribution in [0.25, 0.3) is 0 Å². The van der Waals surface area contributed by atoms with Crippen LogP contribution in [0.1, 0.15) is 31.9 Å². The molecule has 3 nitrogen and oxygen atoms in total. The molecule has 0 aromatic heterocycles. The minimum Gasteiger partial charge on any atom is -0.418 e. The molecule has 1 N–H and O–H groups in total. The van der Waals surface area contributed by atoms with Crippen molar-refractivity contribution in [2.75, 3.05) is 0 Å². The second-order valence-corrected chi connectivity index (χ2v) is 6.09. The molecule has 0 aliphatic heterocycles. The number of hydrogen-bond donors (Lipinski definition) is 1. The average molecular weight is 306 g/mol. The van der Waals surface area contributed by atoms with Crippen molar-refractivity contribution in [1.82, 2.24) is 0 Å². The molecule has 4 heteroatoms. The van der Waals surface area contributed by atoms with Gasteiger partial charge in [0.15, 0.2) is 0 Å². The summed E-state index contributed by atoms with van der Waals surface area (Å²) in [6.45, 7) is 13.6. The minimum atomic E-state index is -2.04. The Hall–Kier alpha value is -1.57. The second-order valence-electron chi connectivity index (χ2n) is 5.24. The first-order valence-electron chi connectivity index (χ1n) is 6.73. The van der Waals surface area contributed by atoms with E-state index in [2.05, 4.69) is 6.58 Å². The smallest absolute Gasteiger partial charge is 0.418 e. The third-order valence-electron chi connectivity index (χ3n) is 2.67. The number of benzene rings is 1. The molecule has 1 aromatic carbocycles. The predicted molar refractivity (Wildman–Crippen MR) is 89.1 cm³/mol. The van der Waals surface area contributed by atoms with E-state index in [1.165, 1.54) is 0 Å². The van der Waals surface area contributed by atoms with Crippen LogP contribution < -0.4 is 4.52 Å². The molecule has 1 aromatic rings. The van der Waals surface area contributed by atoms with E-state index in [-0.39, 0.29) is 0 Å². The van der Waals surface area contributed by atoms with Gasteiger partial charge in [0.25, 0.3) is 0 Å². The Balaban J connectivity index is 2.79. The topological polar surface area (TPSA) is 38.7 Å². The summed E-state index contributed by atoms with van der Waals surface area (Å²) in [5, 5.41) is 0. The maximum Gasteiger partial charge on any atom is 0.460 e. The molecule has 114 valence electrons. The summed E-state index contributed by atoms with van der Waals surface area (Å²) >= 11 is 0. The normalized spacial score (nSPS) is 12.6. The Labute approximate surface area is 128 Å². The second kappa shape index (κ2) is 8.02. The first-order chi connectivity index (χ1) is 9.79. The zero-order chi connectivity index (χ0) is 16.0. The van der Waals surface area contributed by atoms with Gasteiger partial charge < -0.3 is 13.9 Å². The molecule has 0 fully saturated rings. The SMILES string of the molecule is C=C(C)/C(=C\C=C(C)C)OP(O)Oc1ccc(C)cc1C. The molecule has 0 amide bonds. The maximum atomic E-state index is 10.00.